The molecule has 4 aromatic rings. The number of nitrogens with zero attached hydrogens (tertiary/aromatic N) is 4. The number of nitrogens with one attached hydrogen (secondary N) is 1. The van der Waals surface area contributed by atoms with E-state index in [0.717, 1.165) is 5.56 Å². The van der Waals surface area contributed by atoms with E-state index in [1.165, 1.54) is 24.3 Å². The lowest BCUT2D eigenvalue weighted by Gasteiger charge is -2.36. The topological polar surface area (TPSA) is 98.6 Å². The van der Waals surface area contributed by atoms with E-state index in [-0.39, 0.29) is 23.4 Å². The van der Waals surface area contributed by atoms with Crippen molar-refractivity contribution in [3.8, 4) is 23.0 Å². The van der Waals surface area contributed by atoms with Crippen molar-refractivity contribution in [2.24, 2.45) is 0 Å². The van der Waals surface area contributed by atoms with Gasteiger partial charge in [0, 0.05) is 39.6 Å². The Morgan fingerprint density at radius 3 is 2.49 bits per heavy atom. The molecule has 1 spiro atoms. The number of hydrogen-bond donors (Lipinski definition) is 1. The molecule has 6 rings (SSSR count). The number of fused-ring (bicyclic) bond motifs is 4. The first kappa shape index (κ1) is 28.9. The van der Waals surface area contributed by atoms with E-state index in [4.69, 9.17) is 37.7 Å². The quantitative estimate of drug-likeness (QED) is 0.246. The smallest absolute Gasteiger partial charge is 0.280 e. The minimum atomic E-state index is -2.68. The van der Waals surface area contributed by atoms with E-state index in [1.54, 1.807) is 41.0 Å². The van der Waals surface area contributed by atoms with Crippen LogP contribution in [0.15, 0.2) is 48.7 Å². The summed E-state index contributed by atoms with van der Waals surface area (Å²) >= 11 is 12.7. The first-order chi connectivity index (χ1) is 20.5. The third kappa shape index (κ3) is 4.32. The van der Waals surface area contributed by atoms with Gasteiger partial charge in [0.25, 0.3) is 18.2 Å². The van der Waals surface area contributed by atoms with Gasteiger partial charge in [-0.3, -0.25) is 14.5 Å². The highest BCUT2D eigenvalue weighted by atomic mass is 35.5. The molecule has 2 aromatic heterocycles. The molecule has 13 heteroatoms. The van der Waals surface area contributed by atoms with Crippen LogP contribution in [0.4, 0.5) is 20.2 Å². The van der Waals surface area contributed by atoms with E-state index in [0.29, 0.717) is 44.1 Å². The van der Waals surface area contributed by atoms with Crippen LogP contribution in [-0.4, -0.2) is 46.5 Å². The van der Waals surface area contributed by atoms with Crippen LogP contribution in [0.5, 0.6) is 11.6 Å². The first-order valence-corrected chi connectivity index (χ1v) is 14.0. The van der Waals surface area contributed by atoms with E-state index in [2.05, 4.69) is 10.3 Å². The van der Waals surface area contributed by atoms with Crippen molar-refractivity contribution < 1.29 is 27.8 Å². The Kier molecular flexibility index (Phi) is 7.05. The van der Waals surface area contributed by atoms with Gasteiger partial charge in [-0.15, -0.1) is 0 Å². The Hall–Kier alpha value is -4.22. The second-order valence-electron chi connectivity index (χ2n) is 10.4. The highest BCUT2D eigenvalue weighted by Crippen LogP contribution is 2.55. The number of hydrogen-bond acceptors (Lipinski definition) is 6. The molecule has 4 heterocycles. The molecule has 2 aliphatic heterocycles. The number of carbonyl (C=O) groups excluding carboxylic acids is 2. The summed E-state index contributed by atoms with van der Waals surface area (Å²) in [6.45, 7) is 4.78. The Balaban J connectivity index is 1.65. The van der Waals surface area contributed by atoms with E-state index in [9.17, 15) is 18.4 Å². The van der Waals surface area contributed by atoms with Crippen LogP contribution < -0.4 is 19.7 Å². The normalized spacial score (nSPS) is 17.2. The molecule has 9 nitrogen and oxygen atoms in total. The van der Waals surface area contributed by atoms with Crippen molar-refractivity contribution in [2.45, 2.75) is 38.8 Å². The fourth-order valence-corrected chi connectivity index (χ4v) is 6.15. The molecular weight excluding hydrogens is 603 g/mol. The number of alkyl halides is 2. The van der Waals surface area contributed by atoms with Gasteiger partial charge in [-0.25, -0.2) is 18.7 Å². The molecule has 0 fully saturated rings. The van der Waals surface area contributed by atoms with Crippen LogP contribution in [0.25, 0.3) is 11.4 Å². The molecule has 0 unspecified atom stereocenters. The Bertz CT molecular complexity index is 1810. The van der Waals surface area contributed by atoms with Crippen molar-refractivity contribution in [3.63, 3.8) is 0 Å². The lowest BCUT2D eigenvalue weighted by molar-refractivity contribution is -0.119. The Morgan fingerprint density at radius 2 is 1.79 bits per heavy atom. The van der Waals surface area contributed by atoms with Gasteiger partial charge in [-0.1, -0.05) is 35.3 Å². The number of anilines is 2. The van der Waals surface area contributed by atoms with Gasteiger partial charge >= 0.3 is 0 Å². The molecule has 0 saturated carbocycles. The van der Waals surface area contributed by atoms with E-state index in [1.807, 2.05) is 20.8 Å². The average molecular weight is 628 g/mol. The van der Waals surface area contributed by atoms with Crippen LogP contribution in [0, 0.1) is 6.92 Å². The lowest BCUT2D eigenvalue weighted by Crippen LogP contribution is -2.51. The number of rotatable bonds is 7. The number of amides is 2. The number of aryl methyl sites for hydroxylation is 1. The van der Waals surface area contributed by atoms with Crippen LogP contribution in [0.2, 0.25) is 10.0 Å². The van der Waals surface area contributed by atoms with Crippen molar-refractivity contribution >= 4 is 46.4 Å². The summed E-state index contributed by atoms with van der Waals surface area (Å²) in [4.78, 5) is 39.2. The monoisotopic (exact) mass is 627 g/mol. The SMILES string of the molecule is COc1cc(OCC(F)F)ncc1-c1nc2c(n1C(C)C)[C@]1(C(=O)Nc3cc(Cl)ccc31)N(c1cc(Cl)ccc1C)C2=O. The molecule has 1 atom stereocenters. The standard InChI is InChI=1S/C30H25Cl2F2N5O4/c1-14(2)38-26-25(37-27(38)18-12-35-24(11-22(18)42-4)43-13-23(33)34)28(40)39(21-10-17(32)6-5-15(21)3)30(26)19-8-7-16(31)9-20(19)36-29(30)41/h5-12,14,23H,13H2,1-4H3,(H,36,41)/t30-/m1/s1. The van der Waals surface area contributed by atoms with E-state index >= 15 is 0 Å². The third-order valence-electron chi connectivity index (χ3n) is 7.53. The van der Waals surface area contributed by atoms with Gasteiger partial charge in [0.05, 0.1) is 24.1 Å². The number of pyridine rings is 1. The maximum atomic E-state index is 14.5. The van der Waals surface area contributed by atoms with Crippen LogP contribution >= 0.6 is 23.2 Å². The van der Waals surface area contributed by atoms with Gasteiger partial charge in [0.1, 0.15) is 11.6 Å². The lowest BCUT2D eigenvalue weighted by atomic mass is 9.86. The number of imidazole rings is 1. The van der Waals surface area contributed by atoms with Crippen molar-refractivity contribution in [1.82, 2.24) is 14.5 Å². The van der Waals surface area contributed by atoms with Crippen LogP contribution in [0.3, 0.4) is 0 Å². The number of halogens is 4. The molecule has 43 heavy (non-hydrogen) atoms. The summed E-state index contributed by atoms with van der Waals surface area (Å²) in [5, 5.41) is 3.73. The van der Waals surface area contributed by atoms with Gasteiger partial charge in [-0.05, 0) is 50.6 Å². The average Bonchev–Trinajstić information content (AvgIpc) is 3.57. The first-order valence-electron chi connectivity index (χ1n) is 13.3. The number of methoxy groups -OCH3 is 1. The zero-order chi connectivity index (χ0) is 30.8. The summed E-state index contributed by atoms with van der Waals surface area (Å²) in [5.41, 5.74) is 1.25. The van der Waals surface area contributed by atoms with Crippen molar-refractivity contribution in [2.75, 3.05) is 23.9 Å². The zero-order valence-corrected chi connectivity index (χ0v) is 24.9. The molecule has 2 amide bonds. The van der Waals surface area contributed by atoms with Gasteiger partial charge < -0.3 is 19.4 Å². The largest absolute Gasteiger partial charge is 0.496 e. The minimum absolute atomic E-state index is 0.0566. The molecule has 2 aromatic carbocycles. The highest BCUT2D eigenvalue weighted by molar-refractivity contribution is 6.32. The summed E-state index contributed by atoms with van der Waals surface area (Å²) in [7, 11) is 1.41. The molecular formula is C30H25Cl2F2N5O4. The molecule has 0 radical (unpaired) electrons. The van der Waals surface area contributed by atoms with Gasteiger partial charge in [0.2, 0.25) is 5.88 Å². The highest BCUT2D eigenvalue weighted by Gasteiger charge is 2.64. The predicted octanol–water partition coefficient (Wildman–Crippen LogP) is 6.65. The van der Waals surface area contributed by atoms with Crippen molar-refractivity contribution in [1.29, 1.82) is 0 Å². The molecule has 0 aliphatic carbocycles. The van der Waals surface area contributed by atoms with Gasteiger partial charge in [0.15, 0.2) is 17.8 Å². The Morgan fingerprint density at radius 1 is 1.07 bits per heavy atom. The number of aromatic nitrogens is 3. The predicted molar refractivity (Wildman–Crippen MR) is 158 cm³/mol. The summed E-state index contributed by atoms with van der Waals surface area (Å²) < 4.78 is 37.9. The van der Waals surface area contributed by atoms with E-state index < -0.39 is 30.4 Å². The maximum Gasteiger partial charge on any atom is 0.280 e. The summed E-state index contributed by atoms with van der Waals surface area (Å²) in [6.07, 6.45) is -1.30. The molecule has 222 valence electrons. The molecule has 0 saturated heterocycles. The molecule has 1 N–H and O–H groups in total. The summed E-state index contributed by atoms with van der Waals surface area (Å²) in [5.74, 6) is -0.507. The molecule has 0 bridgehead atoms. The van der Waals surface area contributed by atoms with Crippen LogP contribution in [-0.2, 0) is 10.3 Å². The Labute approximate surface area is 255 Å². The summed E-state index contributed by atoms with van der Waals surface area (Å²) in [6, 6.07) is 11.2. The van der Waals surface area contributed by atoms with Gasteiger partial charge in [-0.2, -0.15) is 0 Å². The number of benzene rings is 2. The maximum absolute atomic E-state index is 14.5. The fourth-order valence-electron chi connectivity index (χ4n) is 5.81. The van der Waals surface area contributed by atoms with Crippen LogP contribution in [0.1, 0.15) is 47.2 Å². The minimum Gasteiger partial charge on any atom is -0.496 e. The van der Waals surface area contributed by atoms with Crippen molar-refractivity contribution in [3.05, 3.63) is 81.2 Å². The number of ether oxygens (including phenoxy) is 2. The second-order valence-corrected chi connectivity index (χ2v) is 11.3. The fraction of sp³-hybridized carbons (Fsp3) is 0.267. The number of carbonyl (C=O) groups is 2. The third-order valence-corrected chi connectivity index (χ3v) is 8.00. The molecule has 2 aliphatic rings. The zero-order valence-electron chi connectivity index (χ0n) is 23.4. The second kappa shape index (κ2) is 10.5.